The van der Waals surface area contributed by atoms with Crippen LogP contribution in [0.15, 0.2) is 0 Å². The fraction of sp³-hybridized carbons (Fsp3) is 0.933. The molecule has 2 saturated carbocycles. The third-order valence-electron chi connectivity index (χ3n) is 5.01. The van der Waals surface area contributed by atoms with Gasteiger partial charge in [0.25, 0.3) is 0 Å². The number of unbranched alkanes of at least 4 members (excludes halogenated alkanes) is 1. The van der Waals surface area contributed by atoms with Crippen molar-refractivity contribution in [1.29, 1.82) is 0 Å². The Morgan fingerprint density at radius 3 is 2.74 bits per heavy atom. The van der Waals surface area contributed by atoms with Crippen molar-refractivity contribution in [3.05, 3.63) is 0 Å². The average Bonchev–Trinajstić information content (AvgIpc) is 2.80. The zero-order chi connectivity index (χ0) is 14.0. The number of Topliss-reactive ketones (excluding diaryl/α,β-unsaturated/α-hetero) is 1. The first kappa shape index (κ1) is 16.0. The van der Waals surface area contributed by atoms with Crippen LogP contribution < -0.4 is 0 Å². The summed E-state index contributed by atoms with van der Waals surface area (Å²) in [6, 6.07) is 0. The molecule has 19 heavy (non-hydrogen) atoms. The summed E-state index contributed by atoms with van der Waals surface area (Å²) in [4.78, 5) is 11.9. The van der Waals surface area contributed by atoms with E-state index in [0.29, 0.717) is 29.6 Å². The van der Waals surface area contributed by atoms with Crippen LogP contribution >= 0.6 is 31.9 Å². The first-order valence-electron chi connectivity index (χ1n) is 7.47. The smallest absolute Gasteiger partial charge is 0.163 e. The molecule has 2 nitrogen and oxygen atoms in total. The number of rotatable bonds is 7. The van der Waals surface area contributed by atoms with Gasteiger partial charge in [0.1, 0.15) is 3.23 Å². The fourth-order valence-corrected chi connectivity index (χ4v) is 5.80. The molecule has 2 rings (SSSR count). The van der Waals surface area contributed by atoms with Crippen LogP contribution in [0, 0.1) is 17.8 Å². The molecule has 2 aliphatic rings. The highest BCUT2D eigenvalue weighted by Crippen LogP contribution is 2.61. The van der Waals surface area contributed by atoms with E-state index >= 15 is 0 Å². The highest BCUT2D eigenvalue weighted by molar-refractivity contribution is 9.26. The Labute approximate surface area is 133 Å². The van der Waals surface area contributed by atoms with Gasteiger partial charge in [-0.05, 0) is 31.6 Å². The number of ketones is 1. The van der Waals surface area contributed by atoms with Crippen LogP contribution in [0.3, 0.4) is 0 Å². The van der Waals surface area contributed by atoms with Crippen molar-refractivity contribution in [1.82, 2.24) is 0 Å². The zero-order valence-electron chi connectivity index (χ0n) is 11.8. The van der Waals surface area contributed by atoms with E-state index in [2.05, 4.69) is 38.8 Å². The van der Waals surface area contributed by atoms with E-state index in [1.807, 2.05) is 0 Å². The largest absolute Gasteiger partial charge is 0.381 e. The number of ether oxygens (including phenoxy) is 1. The lowest BCUT2D eigenvalue weighted by molar-refractivity contribution is -0.133. The van der Waals surface area contributed by atoms with Gasteiger partial charge in [-0.15, -0.1) is 0 Å². The van der Waals surface area contributed by atoms with Gasteiger partial charge in [0.05, 0.1) is 6.10 Å². The minimum atomic E-state index is -0.398. The molecule has 110 valence electrons. The number of methoxy groups -OCH3 is 1. The molecule has 0 saturated heterocycles. The standard InChI is InChI=1S/C15H24Br2O2/c1-3-11(19-2)7-5-4-6-10-8-9-12-13(10)15(16,17)14(12)18/h10-13H,3-9H2,1-2H3. The predicted molar refractivity (Wildman–Crippen MR) is 84.9 cm³/mol. The van der Waals surface area contributed by atoms with Crippen molar-refractivity contribution in [2.45, 2.75) is 61.2 Å². The van der Waals surface area contributed by atoms with Crippen molar-refractivity contribution in [3.63, 3.8) is 0 Å². The first-order chi connectivity index (χ1) is 9.02. The Kier molecular flexibility index (Phi) is 5.52. The van der Waals surface area contributed by atoms with Crippen LogP contribution in [0.25, 0.3) is 0 Å². The average molecular weight is 396 g/mol. The summed E-state index contributed by atoms with van der Waals surface area (Å²) in [6.45, 7) is 2.18. The van der Waals surface area contributed by atoms with Crippen molar-refractivity contribution in [2.24, 2.45) is 17.8 Å². The van der Waals surface area contributed by atoms with Gasteiger partial charge in [0.15, 0.2) is 5.78 Å². The monoisotopic (exact) mass is 394 g/mol. The number of halogens is 2. The quantitative estimate of drug-likeness (QED) is 0.462. The molecule has 0 N–H and O–H groups in total. The number of carbonyl (C=O) groups excluding carboxylic acids is 1. The molecule has 2 aliphatic carbocycles. The normalized spacial score (nSPS) is 33.9. The summed E-state index contributed by atoms with van der Waals surface area (Å²) < 4.78 is 5.01. The maximum absolute atomic E-state index is 11.9. The van der Waals surface area contributed by atoms with Gasteiger partial charge in [0.2, 0.25) is 0 Å². The maximum atomic E-state index is 11.9. The SMILES string of the molecule is CCC(CCCCC1CCC2C(=O)C(Br)(Br)C12)OC. The number of alkyl halides is 2. The molecular weight excluding hydrogens is 372 g/mol. The lowest BCUT2D eigenvalue weighted by Crippen LogP contribution is -2.55. The summed E-state index contributed by atoms with van der Waals surface area (Å²) in [5, 5.41) is 0. The minimum absolute atomic E-state index is 0.325. The summed E-state index contributed by atoms with van der Waals surface area (Å²) in [7, 11) is 1.81. The molecule has 4 atom stereocenters. The second-order valence-electron chi connectivity index (χ2n) is 6.01. The third kappa shape index (κ3) is 3.11. The molecule has 0 heterocycles. The van der Waals surface area contributed by atoms with Gasteiger partial charge in [-0.3, -0.25) is 4.79 Å². The molecule has 0 spiro atoms. The van der Waals surface area contributed by atoms with Gasteiger partial charge in [0, 0.05) is 18.9 Å². The zero-order valence-corrected chi connectivity index (χ0v) is 15.0. The van der Waals surface area contributed by atoms with Gasteiger partial charge >= 0.3 is 0 Å². The molecule has 0 bridgehead atoms. The highest BCUT2D eigenvalue weighted by Gasteiger charge is 2.63. The van der Waals surface area contributed by atoms with E-state index < -0.39 is 3.23 Å². The lowest BCUT2D eigenvalue weighted by atomic mass is 9.70. The van der Waals surface area contributed by atoms with Crippen LogP contribution in [-0.4, -0.2) is 22.2 Å². The molecule has 0 aliphatic heterocycles. The molecular formula is C15H24Br2O2. The van der Waals surface area contributed by atoms with E-state index in [4.69, 9.17) is 4.74 Å². The number of fused-ring (bicyclic) bond motifs is 1. The molecule has 4 heteroatoms. The minimum Gasteiger partial charge on any atom is -0.381 e. The Morgan fingerprint density at radius 2 is 2.11 bits per heavy atom. The summed E-state index contributed by atoms with van der Waals surface area (Å²) >= 11 is 7.16. The molecule has 0 aromatic heterocycles. The Bertz CT molecular complexity index is 326. The second-order valence-corrected chi connectivity index (χ2v) is 9.57. The molecule has 2 fully saturated rings. The van der Waals surface area contributed by atoms with Crippen LogP contribution in [0.5, 0.6) is 0 Å². The molecule has 4 unspecified atom stereocenters. The van der Waals surface area contributed by atoms with Crippen molar-refractivity contribution >= 4 is 37.6 Å². The predicted octanol–water partition coefficient (Wildman–Crippen LogP) is 4.68. The first-order valence-corrected chi connectivity index (χ1v) is 9.05. The Hall–Kier alpha value is 0.590. The van der Waals surface area contributed by atoms with E-state index in [9.17, 15) is 4.79 Å². The Balaban J connectivity index is 1.72. The highest BCUT2D eigenvalue weighted by atomic mass is 79.9. The van der Waals surface area contributed by atoms with Gasteiger partial charge < -0.3 is 4.74 Å². The number of hydrogen-bond acceptors (Lipinski definition) is 2. The topological polar surface area (TPSA) is 26.3 Å². The lowest BCUT2D eigenvalue weighted by Gasteiger charge is -2.45. The van der Waals surface area contributed by atoms with E-state index in [0.717, 1.165) is 12.8 Å². The third-order valence-corrected chi connectivity index (χ3v) is 6.85. The summed E-state index contributed by atoms with van der Waals surface area (Å²) in [5.74, 6) is 1.92. The van der Waals surface area contributed by atoms with Crippen molar-refractivity contribution in [2.75, 3.05) is 7.11 Å². The van der Waals surface area contributed by atoms with E-state index in [1.165, 1.54) is 32.1 Å². The van der Waals surface area contributed by atoms with E-state index in [-0.39, 0.29) is 0 Å². The van der Waals surface area contributed by atoms with Gasteiger partial charge in [-0.2, -0.15) is 0 Å². The van der Waals surface area contributed by atoms with E-state index in [1.54, 1.807) is 7.11 Å². The molecule has 0 amide bonds. The second kappa shape index (κ2) is 6.57. The molecule has 0 radical (unpaired) electrons. The van der Waals surface area contributed by atoms with Crippen molar-refractivity contribution < 1.29 is 9.53 Å². The number of hydrogen-bond donors (Lipinski definition) is 0. The molecule has 0 aromatic rings. The van der Waals surface area contributed by atoms with Crippen LogP contribution in [0.4, 0.5) is 0 Å². The van der Waals surface area contributed by atoms with Crippen molar-refractivity contribution in [3.8, 4) is 0 Å². The maximum Gasteiger partial charge on any atom is 0.163 e. The van der Waals surface area contributed by atoms with Crippen LogP contribution in [0.1, 0.15) is 51.9 Å². The Morgan fingerprint density at radius 1 is 1.37 bits per heavy atom. The molecule has 0 aromatic carbocycles. The number of carbonyl (C=O) groups is 1. The van der Waals surface area contributed by atoms with Crippen LogP contribution in [-0.2, 0) is 9.53 Å². The fourth-order valence-electron chi connectivity index (χ4n) is 3.83. The van der Waals surface area contributed by atoms with Crippen LogP contribution in [0.2, 0.25) is 0 Å². The van der Waals surface area contributed by atoms with Gasteiger partial charge in [-0.1, -0.05) is 58.0 Å². The summed E-state index contributed by atoms with van der Waals surface area (Å²) in [6.07, 6.45) is 8.78. The van der Waals surface area contributed by atoms with Gasteiger partial charge in [-0.25, -0.2) is 0 Å². The summed E-state index contributed by atoms with van der Waals surface area (Å²) in [5.41, 5.74) is 0.